The van der Waals surface area contributed by atoms with Crippen molar-refractivity contribution in [2.24, 2.45) is 5.92 Å². The van der Waals surface area contributed by atoms with Crippen molar-refractivity contribution in [2.45, 2.75) is 30.0 Å². The van der Waals surface area contributed by atoms with Gasteiger partial charge in [-0.1, -0.05) is 30.3 Å². The highest BCUT2D eigenvalue weighted by molar-refractivity contribution is 7.91. The molecule has 1 atom stereocenters. The number of hydrogen-bond acceptors (Lipinski definition) is 3. The van der Waals surface area contributed by atoms with Gasteiger partial charge in [-0.05, 0) is 43.4 Å². The summed E-state index contributed by atoms with van der Waals surface area (Å²) in [5.74, 6) is 0.424. The molecular formula is C15H17NO2S2. The highest BCUT2D eigenvalue weighted by Gasteiger charge is 2.35. The summed E-state index contributed by atoms with van der Waals surface area (Å²) >= 11 is 1.31. The van der Waals surface area contributed by atoms with E-state index in [1.807, 2.05) is 43.3 Å². The van der Waals surface area contributed by atoms with Crippen LogP contribution < -0.4 is 4.72 Å². The summed E-state index contributed by atoms with van der Waals surface area (Å²) in [4.78, 5) is 1.01. The second kappa shape index (κ2) is 5.31. The van der Waals surface area contributed by atoms with Gasteiger partial charge in [0.1, 0.15) is 4.21 Å². The standard InChI is InChI=1S/C15H17NO2S2/c1-11-7-10-14(19-11)20(17,18)16-15(13-8-9-13)12-5-3-2-4-6-12/h2-7,10,13,15-16H,8-9H2,1H3. The Labute approximate surface area is 123 Å². The van der Waals surface area contributed by atoms with Gasteiger partial charge in [-0.25, -0.2) is 13.1 Å². The van der Waals surface area contributed by atoms with Crippen LogP contribution in [0, 0.1) is 12.8 Å². The highest BCUT2D eigenvalue weighted by Crippen LogP contribution is 2.41. The third-order valence-corrected chi connectivity index (χ3v) is 6.45. The van der Waals surface area contributed by atoms with Crippen LogP contribution in [0.1, 0.15) is 29.3 Å². The summed E-state index contributed by atoms with van der Waals surface area (Å²) in [6.45, 7) is 1.92. The van der Waals surface area contributed by atoms with E-state index >= 15 is 0 Å². The summed E-state index contributed by atoms with van der Waals surface area (Å²) in [6.07, 6.45) is 2.18. The molecule has 0 spiro atoms. The number of sulfonamides is 1. The molecule has 1 aliphatic rings. The summed E-state index contributed by atoms with van der Waals surface area (Å²) in [7, 11) is -3.42. The first-order valence-corrected chi connectivity index (χ1v) is 9.00. The predicted molar refractivity (Wildman–Crippen MR) is 81.3 cm³/mol. The molecule has 1 saturated carbocycles. The molecule has 0 saturated heterocycles. The Balaban J connectivity index is 1.87. The number of nitrogens with one attached hydrogen (secondary N) is 1. The first-order chi connectivity index (χ1) is 9.56. The largest absolute Gasteiger partial charge is 0.250 e. The van der Waals surface area contributed by atoms with Crippen molar-refractivity contribution < 1.29 is 8.42 Å². The predicted octanol–water partition coefficient (Wildman–Crippen LogP) is 3.49. The second-order valence-electron chi connectivity index (χ2n) is 5.21. The lowest BCUT2D eigenvalue weighted by Crippen LogP contribution is -2.29. The van der Waals surface area contributed by atoms with Crippen molar-refractivity contribution >= 4 is 21.4 Å². The molecule has 5 heteroatoms. The van der Waals surface area contributed by atoms with E-state index < -0.39 is 10.0 Å². The average Bonchev–Trinajstić information content (AvgIpc) is 3.18. The first-order valence-electron chi connectivity index (χ1n) is 6.70. The summed E-state index contributed by atoms with van der Waals surface area (Å²) in [5, 5.41) is 0. The van der Waals surface area contributed by atoms with E-state index in [2.05, 4.69) is 4.72 Å². The molecule has 1 N–H and O–H groups in total. The molecule has 1 unspecified atom stereocenters. The minimum Gasteiger partial charge on any atom is -0.206 e. The fraction of sp³-hybridized carbons (Fsp3) is 0.333. The van der Waals surface area contributed by atoms with E-state index in [0.29, 0.717) is 10.1 Å². The van der Waals surface area contributed by atoms with Crippen molar-refractivity contribution in [1.29, 1.82) is 0 Å². The smallest absolute Gasteiger partial charge is 0.206 e. The molecule has 1 fully saturated rings. The van der Waals surface area contributed by atoms with Crippen molar-refractivity contribution in [1.82, 2.24) is 4.72 Å². The molecule has 20 heavy (non-hydrogen) atoms. The van der Waals surface area contributed by atoms with Crippen LogP contribution in [0.5, 0.6) is 0 Å². The topological polar surface area (TPSA) is 46.2 Å². The minimum absolute atomic E-state index is 0.108. The molecule has 0 radical (unpaired) electrons. The lowest BCUT2D eigenvalue weighted by atomic mass is 10.0. The number of thiophene rings is 1. The monoisotopic (exact) mass is 307 g/mol. The lowest BCUT2D eigenvalue weighted by Gasteiger charge is -2.18. The Morgan fingerprint density at radius 1 is 1.15 bits per heavy atom. The highest BCUT2D eigenvalue weighted by atomic mass is 32.2. The molecule has 1 heterocycles. The number of aryl methyl sites for hydroxylation is 1. The molecule has 3 nitrogen and oxygen atoms in total. The Kier molecular flexibility index (Phi) is 3.67. The van der Waals surface area contributed by atoms with E-state index in [1.165, 1.54) is 11.3 Å². The molecule has 1 aromatic carbocycles. The molecule has 0 aliphatic heterocycles. The molecule has 1 aromatic heterocycles. The molecular weight excluding hydrogens is 290 g/mol. The lowest BCUT2D eigenvalue weighted by molar-refractivity contribution is 0.530. The van der Waals surface area contributed by atoms with Gasteiger partial charge >= 0.3 is 0 Å². The normalized spacial score (nSPS) is 17.1. The molecule has 0 bridgehead atoms. The zero-order valence-electron chi connectivity index (χ0n) is 11.2. The third-order valence-electron chi connectivity index (χ3n) is 3.51. The SMILES string of the molecule is Cc1ccc(S(=O)(=O)NC(c2ccccc2)C2CC2)s1. The van der Waals surface area contributed by atoms with Crippen molar-refractivity contribution in [3.05, 3.63) is 52.9 Å². The minimum atomic E-state index is -3.42. The summed E-state index contributed by atoms with van der Waals surface area (Å²) in [5.41, 5.74) is 1.05. The summed E-state index contributed by atoms with van der Waals surface area (Å²) in [6, 6.07) is 13.2. The van der Waals surface area contributed by atoms with E-state index in [9.17, 15) is 8.42 Å². The van der Waals surface area contributed by atoms with Crippen molar-refractivity contribution in [3.8, 4) is 0 Å². The van der Waals surface area contributed by atoms with Gasteiger partial charge < -0.3 is 0 Å². The van der Waals surface area contributed by atoms with E-state index in [4.69, 9.17) is 0 Å². The Hall–Kier alpha value is -1.17. The first kappa shape index (κ1) is 13.8. The van der Waals surface area contributed by atoms with Crippen LogP contribution in [0.15, 0.2) is 46.7 Å². The van der Waals surface area contributed by atoms with Gasteiger partial charge in [-0.2, -0.15) is 0 Å². The Morgan fingerprint density at radius 3 is 2.40 bits per heavy atom. The molecule has 3 rings (SSSR count). The number of rotatable bonds is 5. The van der Waals surface area contributed by atoms with Gasteiger partial charge in [-0.3, -0.25) is 0 Å². The molecule has 106 valence electrons. The zero-order chi connectivity index (χ0) is 14.2. The molecule has 1 aliphatic carbocycles. The van der Waals surface area contributed by atoms with Gasteiger partial charge in [-0.15, -0.1) is 11.3 Å². The third kappa shape index (κ3) is 2.95. The average molecular weight is 307 g/mol. The van der Waals surface area contributed by atoms with Crippen LogP contribution in [0.2, 0.25) is 0 Å². The van der Waals surface area contributed by atoms with Crippen molar-refractivity contribution in [2.75, 3.05) is 0 Å². The number of hydrogen-bond donors (Lipinski definition) is 1. The van der Waals surface area contributed by atoms with Crippen LogP contribution >= 0.6 is 11.3 Å². The Morgan fingerprint density at radius 2 is 1.85 bits per heavy atom. The second-order valence-corrected chi connectivity index (χ2v) is 8.44. The maximum absolute atomic E-state index is 12.5. The maximum Gasteiger partial charge on any atom is 0.250 e. The van der Waals surface area contributed by atoms with E-state index in [-0.39, 0.29) is 6.04 Å². The van der Waals surface area contributed by atoms with Gasteiger partial charge in [0, 0.05) is 10.9 Å². The summed E-state index contributed by atoms with van der Waals surface area (Å²) < 4.78 is 28.2. The van der Waals surface area contributed by atoms with Gasteiger partial charge in [0.25, 0.3) is 10.0 Å². The van der Waals surface area contributed by atoms with Crippen LogP contribution in [0.4, 0.5) is 0 Å². The van der Waals surface area contributed by atoms with E-state index in [1.54, 1.807) is 6.07 Å². The van der Waals surface area contributed by atoms with Crippen molar-refractivity contribution in [3.63, 3.8) is 0 Å². The Bertz CT molecular complexity index is 688. The zero-order valence-corrected chi connectivity index (χ0v) is 12.9. The van der Waals surface area contributed by atoms with Crippen LogP contribution in [0.3, 0.4) is 0 Å². The van der Waals surface area contributed by atoms with Gasteiger partial charge in [0.2, 0.25) is 0 Å². The molecule has 2 aromatic rings. The van der Waals surface area contributed by atoms with Crippen LogP contribution in [-0.2, 0) is 10.0 Å². The fourth-order valence-electron chi connectivity index (χ4n) is 2.31. The van der Waals surface area contributed by atoms with Crippen LogP contribution in [-0.4, -0.2) is 8.42 Å². The fourth-order valence-corrected chi connectivity index (χ4v) is 4.90. The quantitative estimate of drug-likeness (QED) is 0.919. The van der Waals surface area contributed by atoms with E-state index in [0.717, 1.165) is 23.3 Å². The van der Waals surface area contributed by atoms with Gasteiger partial charge in [0.05, 0.1) is 0 Å². The molecule has 0 amide bonds. The van der Waals surface area contributed by atoms with Crippen LogP contribution in [0.25, 0.3) is 0 Å². The van der Waals surface area contributed by atoms with Gasteiger partial charge in [0.15, 0.2) is 0 Å². The number of benzene rings is 1. The maximum atomic E-state index is 12.5.